The van der Waals surface area contributed by atoms with Crippen LogP contribution in [-0.2, 0) is 10.8 Å². The summed E-state index contributed by atoms with van der Waals surface area (Å²) in [5.41, 5.74) is 7.20. The lowest BCUT2D eigenvalue weighted by atomic mass is 10.0. The van der Waals surface area contributed by atoms with Gasteiger partial charge in [-0.3, -0.25) is 4.21 Å². The zero-order valence-electron chi connectivity index (χ0n) is 11.0. The SMILES string of the molecule is CC(C)CCS(=O)C1COc2ccccc2C1N. The maximum absolute atomic E-state index is 12.3. The molecule has 0 radical (unpaired) electrons. The van der Waals surface area contributed by atoms with E-state index in [1.807, 2.05) is 24.3 Å². The number of hydrogen-bond donors (Lipinski definition) is 1. The Morgan fingerprint density at radius 1 is 1.44 bits per heavy atom. The van der Waals surface area contributed by atoms with Crippen LogP contribution < -0.4 is 10.5 Å². The molecule has 3 unspecified atom stereocenters. The molecule has 1 aliphatic rings. The molecule has 1 aromatic rings. The molecule has 1 heterocycles. The summed E-state index contributed by atoms with van der Waals surface area (Å²) in [5.74, 6) is 2.12. The highest BCUT2D eigenvalue weighted by atomic mass is 32.2. The number of benzene rings is 1. The highest BCUT2D eigenvalue weighted by Gasteiger charge is 2.31. The Kier molecular flexibility index (Phi) is 4.40. The smallest absolute Gasteiger partial charge is 0.124 e. The van der Waals surface area contributed by atoms with Crippen molar-refractivity contribution in [3.05, 3.63) is 29.8 Å². The zero-order valence-corrected chi connectivity index (χ0v) is 11.8. The Labute approximate surface area is 111 Å². The standard InChI is InChI=1S/C14H21NO2S/c1-10(2)7-8-18(16)13-9-17-12-6-4-3-5-11(12)14(13)15/h3-6,10,13-14H,7-9,15H2,1-2H3. The minimum atomic E-state index is -0.914. The molecule has 3 atom stereocenters. The summed E-state index contributed by atoms with van der Waals surface area (Å²) in [6, 6.07) is 7.58. The highest BCUT2D eigenvalue weighted by Crippen LogP contribution is 2.32. The molecule has 1 aromatic carbocycles. The Morgan fingerprint density at radius 3 is 2.89 bits per heavy atom. The van der Waals surface area contributed by atoms with Crippen LogP contribution in [0.25, 0.3) is 0 Å². The molecule has 4 heteroatoms. The second kappa shape index (κ2) is 5.85. The van der Waals surface area contributed by atoms with Crippen molar-refractivity contribution in [1.29, 1.82) is 0 Å². The van der Waals surface area contributed by atoms with Gasteiger partial charge in [-0.05, 0) is 18.4 Å². The predicted octanol–water partition coefficient (Wildman–Crippen LogP) is 2.24. The van der Waals surface area contributed by atoms with Gasteiger partial charge in [0.2, 0.25) is 0 Å². The molecular formula is C14H21NO2S. The molecule has 0 spiro atoms. The van der Waals surface area contributed by atoms with Crippen LogP contribution in [0, 0.1) is 5.92 Å². The van der Waals surface area contributed by atoms with Gasteiger partial charge in [-0.15, -0.1) is 0 Å². The van der Waals surface area contributed by atoms with Crippen LogP contribution in [-0.4, -0.2) is 21.8 Å². The molecular weight excluding hydrogens is 246 g/mol. The number of ether oxygens (including phenoxy) is 1. The van der Waals surface area contributed by atoms with E-state index in [1.165, 1.54) is 0 Å². The maximum Gasteiger partial charge on any atom is 0.124 e. The van der Waals surface area contributed by atoms with Crippen molar-refractivity contribution in [3.63, 3.8) is 0 Å². The van der Waals surface area contributed by atoms with Crippen molar-refractivity contribution >= 4 is 10.8 Å². The third-order valence-corrected chi connectivity index (χ3v) is 5.06. The lowest BCUT2D eigenvalue weighted by molar-refractivity contribution is 0.273. The Bertz CT molecular complexity index is 434. The van der Waals surface area contributed by atoms with Gasteiger partial charge < -0.3 is 10.5 Å². The number of nitrogens with two attached hydrogens (primary N) is 1. The minimum absolute atomic E-state index is 0.0846. The summed E-state index contributed by atoms with van der Waals surface area (Å²) in [4.78, 5) is 0. The first-order chi connectivity index (χ1) is 8.59. The molecule has 1 aliphatic heterocycles. The summed E-state index contributed by atoms with van der Waals surface area (Å²) in [6.07, 6.45) is 0.970. The van der Waals surface area contributed by atoms with Gasteiger partial charge in [0.1, 0.15) is 12.4 Å². The molecule has 0 amide bonds. The first-order valence-electron chi connectivity index (χ1n) is 6.44. The number of rotatable bonds is 4. The molecule has 2 rings (SSSR count). The van der Waals surface area contributed by atoms with Gasteiger partial charge in [-0.25, -0.2) is 0 Å². The third kappa shape index (κ3) is 2.93. The highest BCUT2D eigenvalue weighted by molar-refractivity contribution is 7.85. The Morgan fingerprint density at radius 2 is 2.17 bits per heavy atom. The minimum Gasteiger partial charge on any atom is -0.492 e. The fourth-order valence-corrected chi connectivity index (χ4v) is 3.81. The molecule has 100 valence electrons. The van der Waals surface area contributed by atoms with Gasteiger partial charge in [0, 0.05) is 22.1 Å². The summed E-state index contributed by atoms with van der Waals surface area (Å²) < 4.78 is 17.9. The maximum atomic E-state index is 12.3. The van der Waals surface area contributed by atoms with Gasteiger partial charge >= 0.3 is 0 Å². The van der Waals surface area contributed by atoms with Crippen molar-refractivity contribution in [1.82, 2.24) is 0 Å². The molecule has 0 fully saturated rings. The van der Waals surface area contributed by atoms with Gasteiger partial charge in [-0.2, -0.15) is 0 Å². The van der Waals surface area contributed by atoms with Crippen LogP contribution in [0.15, 0.2) is 24.3 Å². The number of hydrogen-bond acceptors (Lipinski definition) is 3. The second-order valence-electron chi connectivity index (χ2n) is 5.18. The lowest BCUT2D eigenvalue weighted by Crippen LogP contribution is -2.40. The van der Waals surface area contributed by atoms with E-state index in [4.69, 9.17) is 10.5 Å². The van der Waals surface area contributed by atoms with Crippen LogP contribution in [0.3, 0.4) is 0 Å². The summed E-state index contributed by atoms with van der Waals surface area (Å²) in [6.45, 7) is 4.75. The Balaban J connectivity index is 2.07. The van der Waals surface area contributed by atoms with E-state index in [0.29, 0.717) is 18.3 Å². The van der Waals surface area contributed by atoms with Crippen LogP contribution in [0.1, 0.15) is 31.9 Å². The number of fused-ring (bicyclic) bond motifs is 1. The topological polar surface area (TPSA) is 52.3 Å². The fraction of sp³-hybridized carbons (Fsp3) is 0.571. The summed E-state index contributed by atoms with van der Waals surface area (Å²) in [5, 5.41) is -0.0846. The van der Waals surface area contributed by atoms with Crippen molar-refractivity contribution in [2.45, 2.75) is 31.6 Å². The monoisotopic (exact) mass is 267 g/mol. The fourth-order valence-electron chi connectivity index (χ4n) is 2.11. The van der Waals surface area contributed by atoms with Crippen molar-refractivity contribution in [2.75, 3.05) is 12.4 Å². The van der Waals surface area contributed by atoms with E-state index in [0.717, 1.165) is 17.7 Å². The molecule has 0 aliphatic carbocycles. The van der Waals surface area contributed by atoms with E-state index < -0.39 is 10.8 Å². The van der Waals surface area contributed by atoms with Gasteiger partial charge in [-0.1, -0.05) is 32.0 Å². The van der Waals surface area contributed by atoms with Crippen LogP contribution in [0.4, 0.5) is 0 Å². The zero-order chi connectivity index (χ0) is 13.1. The largest absolute Gasteiger partial charge is 0.492 e. The van der Waals surface area contributed by atoms with Crippen molar-refractivity contribution in [3.8, 4) is 5.75 Å². The first-order valence-corrected chi connectivity index (χ1v) is 7.82. The van der Waals surface area contributed by atoms with E-state index in [9.17, 15) is 4.21 Å². The second-order valence-corrected chi connectivity index (χ2v) is 6.96. The van der Waals surface area contributed by atoms with Crippen LogP contribution in [0.2, 0.25) is 0 Å². The molecule has 0 bridgehead atoms. The molecule has 0 aromatic heterocycles. The van der Waals surface area contributed by atoms with Crippen LogP contribution >= 0.6 is 0 Å². The average Bonchev–Trinajstić information content (AvgIpc) is 2.37. The van der Waals surface area contributed by atoms with Gasteiger partial charge in [0.25, 0.3) is 0 Å². The normalized spacial score (nSPS) is 24.4. The molecule has 3 nitrogen and oxygen atoms in total. The van der Waals surface area contributed by atoms with Gasteiger partial charge in [0.05, 0.1) is 11.3 Å². The number of para-hydroxylation sites is 1. The van der Waals surface area contributed by atoms with Gasteiger partial charge in [0.15, 0.2) is 0 Å². The first kappa shape index (κ1) is 13.6. The Hall–Kier alpha value is -0.870. The predicted molar refractivity (Wildman–Crippen MR) is 75.1 cm³/mol. The van der Waals surface area contributed by atoms with Crippen molar-refractivity contribution < 1.29 is 8.95 Å². The molecule has 0 saturated heterocycles. The summed E-state index contributed by atoms with van der Waals surface area (Å²) in [7, 11) is -0.914. The van der Waals surface area contributed by atoms with E-state index in [-0.39, 0.29) is 11.3 Å². The lowest BCUT2D eigenvalue weighted by Gasteiger charge is -2.30. The molecule has 18 heavy (non-hydrogen) atoms. The van der Waals surface area contributed by atoms with E-state index in [2.05, 4.69) is 13.8 Å². The third-order valence-electron chi connectivity index (χ3n) is 3.32. The van der Waals surface area contributed by atoms with Crippen molar-refractivity contribution in [2.24, 2.45) is 11.7 Å². The molecule has 2 N–H and O–H groups in total. The average molecular weight is 267 g/mol. The summed E-state index contributed by atoms with van der Waals surface area (Å²) >= 11 is 0. The van der Waals surface area contributed by atoms with E-state index >= 15 is 0 Å². The quantitative estimate of drug-likeness (QED) is 0.910. The van der Waals surface area contributed by atoms with Crippen LogP contribution in [0.5, 0.6) is 5.75 Å². The molecule has 0 saturated carbocycles. The van der Waals surface area contributed by atoms with E-state index in [1.54, 1.807) is 0 Å².